The smallest absolute Gasteiger partial charge is 0.407 e. The summed E-state index contributed by atoms with van der Waals surface area (Å²) in [5.74, 6) is -2.58. The topological polar surface area (TPSA) is 392 Å². The minimum atomic E-state index is -1.13. The number of allylic oxidation sites excluding steroid dienone is 7. The first-order chi connectivity index (χ1) is 65.1. The number of aliphatic carboxylic acids is 1. The van der Waals surface area contributed by atoms with Gasteiger partial charge in [-0.1, -0.05) is 153 Å². The number of nitrogens with one attached hydrogen (secondary N) is 7. The number of imidazole rings is 2. The summed E-state index contributed by atoms with van der Waals surface area (Å²) in [6.07, 6.45) is 23.3. The van der Waals surface area contributed by atoms with E-state index in [2.05, 4.69) is 138 Å². The van der Waals surface area contributed by atoms with Gasteiger partial charge in [0.05, 0.1) is 110 Å². The van der Waals surface area contributed by atoms with Crippen LogP contribution in [0.15, 0.2) is 209 Å². The number of alkyl carbamates (subject to hydrolysis) is 4. The van der Waals surface area contributed by atoms with Crippen molar-refractivity contribution < 1.29 is 86.1 Å². The Morgan fingerprint density at radius 2 is 1.00 bits per heavy atom. The number of nitrogens with zero attached hydrogens (tertiary/aromatic N) is 7. The maximum absolute atomic E-state index is 14.5. The van der Waals surface area contributed by atoms with Gasteiger partial charge in [0.1, 0.15) is 29.8 Å². The fourth-order valence-electron chi connectivity index (χ4n) is 20.0. The Kier molecular flexibility index (Phi) is 28.7. The van der Waals surface area contributed by atoms with Crippen LogP contribution in [0.3, 0.4) is 0 Å². The number of benzene rings is 6. The number of H-pyrrole nitrogens is 2. The minimum absolute atomic E-state index is 0.105. The van der Waals surface area contributed by atoms with Crippen LogP contribution in [0.1, 0.15) is 161 Å². The number of likely N-dealkylation sites (tertiary alicyclic amines) is 3. The molecule has 32 heteroatoms. The fourth-order valence-corrected chi connectivity index (χ4v) is 20.0. The third-order valence-electron chi connectivity index (χ3n) is 27.2. The number of rotatable bonds is 22. The lowest BCUT2D eigenvalue weighted by atomic mass is 9.83. The predicted octanol–water partition coefficient (Wildman–Crippen LogP) is 14.4. The number of aliphatic imine (C=N–C) groups is 2. The molecule has 700 valence electrons. The van der Waals surface area contributed by atoms with Crippen LogP contribution in [-0.2, 0) is 68.2 Å². The molecule has 8 N–H and O–H groups in total. The highest BCUT2D eigenvalue weighted by molar-refractivity contribution is 6.02. The van der Waals surface area contributed by atoms with Crippen molar-refractivity contribution in [2.24, 2.45) is 21.8 Å². The van der Waals surface area contributed by atoms with E-state index in [1.807, 2.05) is 67.7 Å². The summed E-state index contributed by atoms with van der Waals surface area (Å²) in [6.45, 7) is 8.79. The molecule has 7 saturated heterocycles. The van der Waals surface area contributed by atoms with Gasteiger partial charge in [0.2, 0.25) is 17.7 Å². The Morgan fingerprint density at radius 1 is 0.485 bits per heavy atom. The summed E-state index contributed by atoms with van der Waals surface area (Å²) < 4.78 is 48.8. The molecule has 9 aliphatic heterocycles. The lowest BCUT2D eigenvalue weighted by Gasteiger charge is -2.34. The number of fused-ring (bicyclic) bond motifs is 2. The van der Waals surface area contributed by atoms with Crippen LogP contribution in [-0.4, -0.2) is 229 Å². The highest BCUT2D eigenvalue weighted by Gasteiger charge is 2.55. The van der Waals surface area contributed by atoms with E-state index < -0.39 is 78.2 Å². The normalized spacial score (nSPS) is 21.3. The summed E-state index contributed by atoms with van der Waals surface area (Å²) in [4.78, 5) is 133. The van der Waals surface area contributed by atoms with Crippen LogP contribution < -0.4 is 26.6 Å². The van der Waals surface area contributed by atoms with E-state index in [1.165, 1.54) is 97.1 Å². The molecule has 2 unspecified atom stereocenters. The summed E-state index contributed by atoms with van der Waals surface area (Å²) >= 11 is 0. The highest BCUT2D eigenvalue weighted by Crippen LogP contribution is 2.47. The van der Waals surface area contributed by atoms with E-state index in [0.29, 0.717) is 107 Å². The Hall–Kier alpha value is -13.2. The van der Waals surface area contributed by atoms with Gasteiger partial charge in [-0.3, -0.25) is 24.4 Å². The molecule has 0 saturated carbocycles. The predicted molar refractivity (Wildman–Crippen MR) is 500 cm³/mol. The monoisotopic (exact) mass is 1820 g/mol. The van der Waals surface area contributed by atoms with Crippen LogP contribution >= 0.6 is 0 Å². The lowest BCUT2D eigenvalue weighted by Crippen LogP contribution is -2.54. The number of aromatic amines is 2. The number of amides is 7. The van der Waals surface area contributed by atoms with Crippen LogP contribution in [0.25, 0.3) is 56.1 Å². The minimum Gasteiger partial charge on any atom is -0.479 e. The summed E-state index contributed by atoms with van der Waals surface area (Å²) in [7, 11) is 5.06. The van der Waals surface area contributed by atoms with Gasteiger partial charge in [0.15, 0.2) is 17.6 Å². The first kappa shape index (κ1) is 92.6. The number of hydrogen-bond acceptors (Lipinski definition) is 22. The van der Waals surface area contributed by atoms with Crippen molar-refractivity contribution in [2.45, 2.75) is 164 Å². The van der Waals surface area contributed by atoms with Gasteiger partial charge in [-0.25, -0.2) is 33.9 Å². The molecule has 19 rings (SSSR count). The highest BCUT2D eigenvalue weighted by atomic mass is 16.7. The molecule has 0 radical (unpaired) electrons. The van der Waals surface area contributed by atoms with E-state index in [4.69, 9.17) is 63.0 Å². The van der Waals surface area contributed by atoms with Gasteiger partial charge in [-0.2, -0.15) is 0 Å². The average molecular weight is 1820 g/mol. The zero-order chi connectivity index (χ0) is 93.2. The van der Waals surface area contributed by atoms with Crippen LogP contribution in [0.4, 0.5) is 19.2 Å². The SMILES string of the molecule is COC(=O)N[C@@H](C(=O)O)c1ccccc1.COC(=O)N[C@H](C(=O)N1CC2(C[C@H]1c1ncc(-c3ccc4c(c3)CCC(C3=CC=C(C5=CN=C(C6CCCN6C(=O)[C@H](NC(=O)OC)c6ccccc6)C5)CC3)=C4)[nH]1)OCCO2)C1CCOCC1.COC(=O)N[C@H](C(=O)N1CC2(C[C@H]1c1ncc(-c3ccc4cc(-c5ccc(C6=CN=C(C7CCCN7)C6)cc5)ccc4c3)[nH]1)OCCO2)C(C)C. The fraction of sp³-hybridized carbons (Fsp3) is 0.412. The molecule has 134 heavy (non-hydrogen) atoms. The molecule has 2 aliphatic carbocycles. The summed E-state index contributed by atoms with van der Waals surface area (Å²) in [5.41, 5.74) is 19.6. The molecule has 0 bridgehead atoms. The number of carboxylic acids is 1. The van der Waals surface area contributed by atoms with Crippen molar-refractivity contribution in [3.63, 3.8) is 0 Å². The van der Waals surface area contributed by atoms with Crippen molar-refractivity contribution in [2.75, 3.05) is 94.3 Å². The number of carbonyl (C=O) groups is 8. The Balaban J connectivity index is 0.000000166. The van der Waals surface area contributed by atoms with E-state index in [1.54, 1.807) is 46.3 Å². The van der Waals surface area contributed by atoms with Gasteiger partial charge >= 0.3 is 30.3 Å². The molecule has 11 aliphatic rings. The van der Waals surface area contributed by atoms with Gasteiger partial charge in [0.25, 0.3) is 0 Å². The maximum atomic E-state index is 14.5. The quantitative estimate of drug-likeness (QED) is 0.0292. The van der Waals surface area contributed by atoms with Crippen LogP contribution in [0, 0.1) is 11.8 Å². The van der Waals surface area contributed by atoms with E-state index in [-0.39, 0.29) is 48.7 Å². The summed E-state index contributed by atoms with van der Waals surface area (Å²) in [5, 5.41) is 25.2. The van der Waals surface area contributed by atoms with Crippen molar-refractivity contribution in [3.8, 4) is 33.6 Å². The number of methoxy groups -OCH3 is 4. The third-order valence-corrected chi connectivity index (χ3v) is 27.2. The Labute approximate surface area is 776 Å². The van der Waals surface area contributed by atoms with Crippen molar-refractivity contribution in [3.05, 3.63) is 238 Å². The third kappa shape index (κ3) is 20.7. The number of carbonyl (C=O) groups excluding carboxylic acids is 7. The van der Waals surface area contributed by atoms with E-state index in [9.17, 15) is 38.4 Å². The number of aryl methyl sites for hydroxylation is 1. The van der Waals surface area contributed by atoms with Crippen molar-refractivity contribution in [1.29, 1.82) is 0 Å². The molecule has 8 atom stereocenters. The van der Waals surface area contributed by atoms with Gasteiger partial charge in [-0.15, -0.1) is 0 Å². The van der Waals surface area contributed by atoms with Crippen molar-refractivity contribution in [1.82, 2.24) is 61.2 Å². The van der Waals surface area contributed by atoms with Crippen molar-refractivity contribution >= 4 is 81.9 Å². The first-order valence-electron chi connectivity index (χ1n) is 46.1. The zero-order valence-electron chi connectivity index (χ0n) is 76.1. The summed E-state index contributed by atoms with van der Waals surface area (Å²) in [6, 6.07) is 41.9. The van der Waals surface area contributed by atoms with E-state index >= 15 is 0 Å². The molecule has 2 aromatic heterocycles. The lowest BCUT2D eigenvalue weighted by molar-refractivity contribution is -0.154. The molecule has 2 spiro atoms. The van der Waals surface area contributed by atoms with Gasteiger partial charge in [-0.05, 0) is 184 Å². The second-order valence-corrected chi connectivity index (χ2v) is 35.7. The molecule has 7 fully saturated rings. The maximum Gasteiger partial charge on any atom is 0.407 e. The van der Waals surface area contributed by atoms with Crippen LogP contribution in [0.5, 0.6) is 0 Å². The molecule has 6 aromatic carbocycles. The Morgan fingerprint density at radius 3 is 1.59 bits per heavy atom. The molecular formula is C102H114N14O18. The molecule has 11 heterocycles. The largest absolute Gasteiger partial charge is 0.479 e. The zero-order valence-corrected chi connectivity index (χ0v) is 76.1. The van der Waals surface area contributed by atoms with Gasteiger partial charge in [0, 0.05) is 80.9 Å². The molecular weight excluding hydrogens is 1710 g/mol. The molecule has 32 nitrogen and oxygen atoms in total. The number of carboxylic acid groups (broad SMARTS) is 1. The Bertz CT molecular complexity index is 5910. The first-order valence-corrected chi connectivity index (χ1v) is 46.1. The number of hydrogen-bond donors (Lipinski definition) is 8. The number of aromatic nitrogens is 4. The van der Waals surface area contributed by atoms with Crippen LogP contribution in [0.2, 0.25) is 0 Å². The average Bonchev–Trinajstić information content (AvgIpc) is 1.60. The second-order valence-electron chi connectivity index (χ2n) is 35.7. The van der Waals surface area contributed by atoms with Gasteiger partial charge < -0.3 is 99.0 Å². The molecule has 7 amide bonds. The van der Waals surface area contributed by atoms with E-state index in [0.717, 1.165) is 96.1 Å². The number of ether oxygens (including phenoxy) is 9. The standard InChI is InChI=1S/C52H59N7O9.C40H44N6O5.C10H11NO4/c1-64-50(62)56-45(34-7-4-3-5-8-34)48(60)58-20-6-9-43(58)41-27-40(29-53-41)33-12-10-32(11-13-33)36-14-15-38-26-39(17-16-37(38)25-36)42-30-54-47(55-42)44-28-52(67-23-24-68-52)31-59(44)49(61)46(57-51(63)65-2)35-18-21-66-22-19-35;1-24(2)36(45-39(48)49-3)38(47)46-23-40(50-15-16-51-40)20-35(46)37-43-22-34(44-37)30-13-12-28-17-27(10-11-29(28)18-30)25-6-8-26(9-7-25)31-19-33(42-21-31)32-5-4-14-41-32;1-15-10(14)11-8(9(12)13)7-5-3-2-4-6-7/h3-5,7-8,10,12,16-17,25-26,29-30,35,43-46H,6,9,11,13-15,18-24,27-28,31H2,1-2H3,(H,54,55)(H,56,62)(H,57,63);6-13,17-18,21-22,24,32,35-36,41H,4-5,14-16,19-20,23H2,1-3H3,(H,43,44)(H,45,48);2-6,8H,1H3,(H,11,14)(H,12,13)/t43?,44-,45+,46-;32?,35-,36-;8-/m001/s1. The molecule has 8 aromatic rings. The second kappa shape index (κ2) is 41.5.